The number of fused-ring (bicyclic) bond motifs is 2. The van der Waals surface area contributed by atoms with Crippen LogP contribution in [0.4, 0.5) is 0 Å². The Morgan fingerprint density at radius 1 is 1.16 bits per heavy atom. The number of ether oxygens (including phenoxy) is 2. The minimum absolute atomic E-state index is 0.109. The molecule has 0 saturated heterocycles. The molecule has 0 aliphatic carbocycles. The van der Waals surface area contributed by atoms with Gasteiger partial charge in [0.05, 0.1) is 23.6 Å². The Morgan fingerprint density at radius 3 is 2.58 bits per heavy atom. The first-order valence-electron chi connectivity index (χ1n) is 10.2. The van der Waals surface area contributed by atoms with E-state index in [0.717, 1.165) is 16.7 Å². The Hall–Kier alpha value is -3.38. The highest BCUT2D eigenvalue weighted by Gasteiger charge is 2.42. The summed E-state index contributed by atoms with van der Waals surface area (Å²) in [4.78, 5) is 28.5. The quantitative estimate of drug-likeness (QED) is 0.538. The van der Waals surface area contributed by atoms with Gasteiger partial charge in [-0.15, -0.1) is 0 Å². The lowest BCUT2D eigenvalue weighted by molar-refractivity contribution is 0.0663. The monoisotopic (exact) mass is 419 g/mol. The summed E-state index contributed by atoms with van der Waals surface area (Å²) in [6, 6.07) is 10.6. The van der Waals surface area contributed by atoms with E-state index in [1.165, 1.54) is 0 Å². The number of nitrogens with zero attached hydrogens (tertiary/aromatic N) is 1. The highest BCUT2D eigenvalue weighted by Crippen LogP contribution is 2.38. The van der Waals surface area contributed by atoms with Crippen LogP contribution < -0.4 is 10.2 Å². The van der Waals surface area contributed by atoms with Gasteiger partial charge in [0.1, 0.15) is 17.9 Å². The first-order chi connectivity index (χ1) is 15.0. The Kier molecular flexibility index (Phi) is 5.65. The van der Waals surface area contributed by atoms with Crippen molar-refractivity contribution in [3.8, 4) is 5.75 Å². The number of amides is 1. The van der Waals surface area contributed by atoms with E-state index in [1.54, 1.807) is 18.1 Å². The van der Waals surface area contributed by atoms with Crippen LogP contribution in [-0.4, -0.2) is 37.7 Å². The molecule has 0 radical (unpaired) electrons. The van der Waals surface area contributed by atoms with Crippen LogP contribution in [-0.2, 0) is 4.74 Å². The van der Waals surface area contributed by atoms with Crippen LogP contribution in [0.25, 0.3) is 11.0 Å². The zero-order valence-electron chi connectivity index (χ0n) is 17.9. The Morgan fingerprint density at radius 2 is 1.90 bits per heavy atom. The van der Waals surface area contributed by atoms with Gasteiger partial charge in [-0.2, -0.15) is 0 Å². The number of rotatable bonds is 7. The normalized spacial score (nSPS) is 15.4. The van der Waals surface area contributed by atoms with E-state index in [4.69, 9.17) is 13.9 Å². The third kappa shape index (κ3) is 3.64. The van der Waals surface area contributed by atoms with E-state index in [2.05, 4.69) is 6.58 Å². The maximum Gasteiger partial charge on any atom is 0.290 e. The number of benzene rings is 2. The largest absolute Gasteiger partial charge is 0.490 e. The fourth-order valence-electron chi connectivity index (χ4n) is 4.14. The van der Waals surface area contributed by atoms with Gasteiger partial charge < -0.3 is 18.8 Å². The van der Waals surface area contributed by atoms with Crippen molar-refractivity contribution in [1.29, 1.82) is 0 Å². The lowest BCUT2D eigenvalue weighted by Gasteiger charge is -2.25. The predicted molar refractivity (Wildman–Crippen MR) is 119 cm³/mol. The van der Waals surface area contributed by atoms with Crippen molar-refractivity contribution in [2.75, 3.05) is 26.9 Å². The smallest absolute Gasteiger partial charge is 0.290 e. The lowest BCUT2D eigenvalue weighted by Crippen LogP contribution is -2.32. The molecule has 31 heavy (non-hydrogen) atoms. The SMILES string of the molecule is C=CCOc1ccc(C2c3c(oc4c(C)cc(C)cc4c3=O)C(=O)N2CCOC)cc1. The zero-order valence-corrected chi connectivity index (χ0v) is 17.9. The van der Waals surface area contributed by atoms with Gasteiger partial charge in [-0.25, -0.2) is 0 Å². The first kappa shape index (κ1) is 20.9. The fraction of sp³-hybridized carbons (Fsp3) is 0.280. The van der Waals surface area contributed by atoms with Crippen molar-refractivity contribution < 1.29 is 18.7 Å². The molecule has 1 unspecified atom stereocenters. The molecular formula is C25H25NO5. The molecule has 0 spiro atoms. The van der Waals surface area contributed by atoms with Crippen molar-refractivity contribution in [3.63, 3.8) is 0 Å². The predicted octanol–water partition coefficient (Wildman–Crippen LogP) is 4.17. The van der Waals surface area contributed by atoms with E-state index in [0.29, 0.717) is 42.0 Å². The minimum atomic E-state index is -0.549. The molecule has 6 nitrogen and oxygen atoms in total. The number of carbonyl (C=O) groups excluding carboxylic acids is 1. The minimum Gasteiger partial charge on any atom is -0.490 e. The molecule has 1 aromatic heterocycles. The second-order valence-electron chi connectivity index (χ2n) is 7.70. The maximum atomic E-state index is 13.6. The van der Waals surface area contributed by atoms with Gasteiger partial charge in [0.25, 0.3) is 5.91 Å². The summed E-state index contributed by atoms with van der Waals surface area (Å²) < 4.78 is 16.8. The summed E-state index contributed by atoms with van der Waals surface area (Å²) in [5.41, 5.74) is 3.27. The molecule has 1 aliphatic heterocycles. The Bertz CT molecular complexity index is 1210. The van der Waals surface area contributed by atoms with Crippen molar-refractivity contribution in [3.05, 3.63) is 87.3 Å². The molecule has 1 amide bonds. The van der Waals surface area contributed by atoms with E-state index in [-0.39, 0.29) is 17.1 Å². The molecule has 1 atom stereocenters. The van der Waals surface area contributed by atoms with E-state index < -0.39 is 6.04 Å². The van der Waals surface area contributed by atoms with Gasteiger partial charge in [-0.1, -0.05) is 30.9 Å². The summed E-state index contributed by atoms with van der Waals surface area (Å²) in [7, 11) is 1.58. The van der Waals surface area contributed by atoms with Gasteiger partial charge in [0, 0.05) is 13.7 Å². The molecule has 0 N–H and O–H groups in total. The second-order valence-corrected chi connectivity index (χ2v) is 7.70. The van der Waals surface area contributed by atoms with E-state index in [9.17, 15) is 9.59 Å². The third-order valence-electron chi connectivity index (χ3n) is 5.50. The number of methoxy groups -OCH3 is 1. The van der Waals surface area contributed by atoms with Gasteiger partial charge in [-0.3, -0.25) is 9.59 Å². The molecule has 1 aliphatic rings. The summed E-state index contributed by atoms with van der Waals surface area (Å²) >= 11 is 0. The molecule has 0 fully saturated rings. The standard InChI is InChI=1S/C25H25NO5/c1-5-11-30-18-8-6-17(7-9-18)21-20-22(27)19-14-15(2)13-16(3)23(19)31-24(20)25(28)26(21)10-12-29-4/h5-9,13-14,21H,1,10-12H2,2-4H3. The third-order valence-corrected chi connectivity index (χ3v) is 5.50. The van der Waals surface area contributed by atoms with Crippen molar-refractivity contribution in [2.24, 2.45) is 0 Å². The highest BCUT2D eigenvalue weighted by atomic mass is 16.5. The van der Waals surface area contributed by atoms with Crippen LogP contribution in [0, 0.1) is 13.8 Å². The van der Waals surface area contributed by atoms with Gasteiger partial charge in [-0.05, 0) is 48.7 Å². The van der Waals surface area contributed by atoms with Crippen molar-refractivity contribution >= 4 is 16.9 Å². The highest BCUT2D eigenvalue weighted by molar-refractivity contribution is 5.99. The maximum absolute atomic E-state index is 13.6. The Labute approximate surface area is 180 Å². The van der Waals surface area contributed by atoms with Gasteiger partial charge in [0.15, 0.2) is 5.43 Å². The van der Waals surface area contributed by atoms with Crippen LogP contribution in [0.5, 0.6) is 5.75 Å². The fourth-order valence-corrected chi connectivity index (χ4v) is 4.14. The lowest BCUT2D eigenvalue weighted by atomic mass is 9.97. The summed E-state index contributed by atoms with van der Waals surface area (Å²) in [6.07, 6.45) is 1.67. The number of aryl methyl sites for hydroxylation is 2. The molecule has 4 rings (SSSR count). The molecule has 0 bridgehead atoms. The average molecular weight is 419 g/mol. The van der Waals surface area contributed by atoms with Gasteiger partial charge in [0.2, 0.25) is 5.76 Å². The van der Waals surface area contributed by atoms with Crippen molar-refractivity contribution in [2.45, 2.75) is 19.9 Å². The van der Waals surface area contributed by atoms with Crippen LogP contribution in [0.3, 0.4) is 0 Å². The number of carbonyl (C=O) groups is 1. The van der Waals surface area contributed by atoms with Gasteiger partial charge >= 0.3 is 0 Å². The van der Waals surface area contributed by atoms with Crippen LogP contribution >= 0.6 is 0 Å². The number of hydrogen-bond donors (Lipinski definition) is 0. The topological polar surface area (TPSA) is 69.0 Å². The van der Waals surface area contributed by atoms with Crippen LogP contribution in [0.15, 0.2) is 58.3 Å². The molecule has 160 valence electrons. The summed E-state index contributed by atoms with van der Waals surface area (Å²) in [5.74, 6) is 0.494. The second kappa shape index (κ2) is 8.40. The molecule has 2 heterocycles. The molecule has 0 saturated carbocycles. The number of hydrogen-bond acceptors (Lipinski definition) is 5. The molecule has 3 aromatic rings. The average Bonchev–Trinajstić information content (AvgIpc) is 3.04. The van der Waals surface area contributed by atoms with Crippen LogP contribution in [0.2, 0.25) is 0 Å². The Balaban J connectivity index is 1.89. The summed E-state index contributed by atoms with van der Waals surface area (Å²) in [6.45, 7) is 8.56. The zero-order chi connectivity index (χ0) is 22.1. The first-order valence-corrected chi connectivity index (χ1v) is 10.2. The summed E-state index contributed by atoms with van der Waals surface area (Å²) in [5, 5.41) is 0.494. The van der Waals surface area contributed by atoms with Crippen LogP contribution in [0.1, 0.15) is 38.9 Å². The molecule has 2 aromatic carbocycles. The van der Waals surface area contributed by atoms with E-state index in [1.807, 2.05) is 50.2 Å². The van der Waals surface area contributed by atoms with E-state index >= 15 is 0 Å². The molecular weight excluding hydrogens is 394 g/mol. The van der Waals surface area contributed by atoms with Crippen molar-refractivity contribution in [1.82, 2.24) is 4.90 Å². The molecule has 6 heteroatoms.